The second-order valence-corrected chi connectivity index (χ2v) is 6.90. The molecule has 3 rings (SSSR count). The Morgan fingerprint density at radius 2 is 2.03 bits per heavy atom. The highest BCUT2D eigenvalue weighted by Crippen LogP contribution is 2.18. The first-order valence-electron chi connectivity index (χ1n) is 9.01. The number of benzene rings is 1. The number of aliphatic hydroxyl groups is 2. The molecule has 3 aromatic rings. The zero-order valence-corrected chi connectivity index (χ0v) is 16.5. The van der Waals surface area contributed by atoms with Crippen LogP contribution in [0, 0.1) is 0 Å². The van der Waals surface area contributed by atoms with Crippen molar-refractivity contribution in [3.05, 3.63) is 50.1 Å². The van der Waals surface area contributed by atoms with Crippen molar-refractivity contribution in [2.24, 2.45) is 7.05 Å². The topological polar surface area (TPSA) is 134 Å². The zero-order chi connectivity index (χ0) is 21.0. The third-order valence-corrected chi connectivity index (χ3v) is 4.53. The Labute approximate surface area is 170 Å². The molecule has 0 amide bonds. The standard InChI is InChI=1S/C18H22ClN5O5/c1-23-15-14(16(27)22-18(23)28)24(17(21-15)20-7-2-8-25)9-12(26)10-29-13-5-3-11(19)4-6-13/h3-6,12,25-26H,2,7-10H2,1H3,(H,20,21)(H,22,27,28)/t12-/m0/s1. The van der Waals surface area contributed by atoms with Crippen LogP contribution in [0.25, 0.3) is 11.2 Å². The van der Waals surface area contributed by atoms with Gasteiger partial charge >= 0.3 is 5.69 Å². The van der Waals surface area contributed by atoms with E-state index in [0.29, 0.717) is 29.7 Å². The average Bonchev–Trinajstić information content (AvgIpc) is 3.05. The molecular weight excluding hydrogens is 402 g/mol. The summed E-state index contributed by atoms with van der Waals surface area (Å²) in [5.41, 5.74) is -0.836. The van der Waals surface area contributed by atoms with Gasteiger partial charge in [0, 0.05) is 25.2 Å². The van der Waals surface area contributed by atoms with Crippen LogP contribution in [0.5, 0.6) is 5.75 Å². The number of anilines is 1. The highest BCUT2D eigenvalue weighted by Gasteiger charge is 2.19. The summed E-state index contributed by atoms with van der Waals surface area (Å²) in [7, 11) is 1.50. The average molecular weight is 424 g/mol. The summed E-state index contributed by atoms with van der Waals surface area (Å²) in [5.74, 6) is 0.858. The molecule has 0 saturated heterocycles. The fraction of sp³-hybridized carbons (Fsp3) is 0.389. The fourth-order valence-electron chi connectivity index (χ4n) is 2.81. The van der Waals surface area contributed by atoms with Crippen molar-refractivity contribution in [3.63, 3.8) is 0 Å². The van der Waals surface area contributed by atoms with Crippen LogP contribution in [0.1, 0.15) is 6.42 Å². The van der Waals surface area contributed by atoms with Gasteiger partial charge in [0.1, 0.15) is 18.5 Å². The predicted octanol–water partition coefficient (Wildman–Crippen LogP) is 0.311. The number of nitrogens with one attached hydrogen (secondary N) is 2. The Bertz CT molecular complexity index is 1090. The number of hydrogen-bond donors (Lipinski definition) is 4. The molecule has 2 heterocycles. The summed E-state index contributed by atoms with van der Waals surface area (Å²) in [6.07, 6.45) is -0.487. The Morgan fingerprint density at radius 1 is 1.31 bits per heavy atom. The van der Waals surface area contributed by atoms with Crippen molar-refractivity contribution in [3.8, 4) is 5.75 Å². The lowest BCUT2D eigenvalue weighted by molar-refractivity contribution is 0.0938. The van der Waals surface area contributed by atoms with Crippen LogP contribution in [0.15, 0.2) is 33.9 Å². The Kier molecular flexibility index (Phi) is 6.57. The molecule has 0 aliphatic heterocycles. The number of ether oxygens (including phenoxy) is 1. The number of aromatic amines is 1. The van der Waals surface area contributed by atoms with E-state index in [1.807, 2.05) is 0 Å². The third-order valence-electron chi connectivity index (χ3n) is 4.27. The molecule has 0 aliphatic carbocycles. The number of aliphatic hydroxyl groups excluding tert-OH is 2. The Morgan fingerprint density at radius 3 is 2.72 bits per heavy atom. The maximum Gasteiger partial charge on any atom is 0.329 e. The van der Waals surface area contributed by atoms with Gasteiger partial charge in [0.2, 0.25) is 5.95 Å². The molecule has 29 heavy (non-hydrogen) atoms. The van der Waals surface area contributed by atoms with Crippen LogP contribution < -0.4 is 21.3 Å². The highest BCUT2D eigenvalue weighted by atomic mass is 35.5. The van der Waals surface area contributed by atoms with Crippen molar-refractivity contribution in [2.75, 3.05) is 25.1 Å². The molecule has 0 aliphatic rings. The number of imidazole rings is 1. The largest absolute Gasteiger partial charge is 0.491 e. The normalized spacial score (nSPS) is 12.3. The lowest BCUT2D eigenvalue weighted by Gasteiger charge is -2.16. The molecule has 4 N–H and O–H groups in total. The van der Waals surface area contributed by atoms with Crippen LogP contribution in [-0.4, -0.2) is 55.2 Å². The summed E-state index contributed by atoms with van der Waals surface area (Å²) >= 11 is 5.84. The summed E-state index contributed by atoms with van der Waals surface area (Å²) in [6, 6.07) is 6.72. The quantitative estimate of drug-likeness (QED) is 0.364. The number of rotatable bonds is 9. The van der Waals surface area contributed by atoms with Crippen LogP contribution >= 0.6 is 11.6 Å². The minimum atomic E-state index is -0.960. The summed E-state index contributed by atoms with van der Waals surface area (Å²) in [5, 5.41) is 23.0. The maximum absolute atomic E-state index is 12.4. The van der Waals surface area contributed by atoms with Crippen LogP contribution in [-0.2, 0) is 13.6 Å². The number of hydrogen-bond acceptors (Lipinski definition) is 7. The monoisotopic (exact) mass is 423 g/mol. The number of fused-ring (bicyclic) bond motifs is 1. The van der Waals surface area contributed by atoms with Gasteiger partial charge in [-0.2, -0.15) is 4.98 Å². The smallest absolute Gasteiger partial charge is 0.329 e. The van der Waals surface area contributed by atoms with Crippen molar-refractivity contribution in [1.29, 1.82) is 0 Å². The van der Waals surface area contributed by atoms with Crippen LogP contribution in [0.2, 0.25) is 5.02 Å². The van der Waals surface area contributed by atoms with E-state index in [1.165, 1.54) is 16.2 Å². The van der Waals surface area contributed by atoms with Crippen molar-refractivity contribution < 1.29 is 14.9 Å². The molecule has 10 nitrogen and oxygen atoms in total. The van der Waals surface area contributed by atoms with Gasteiger partial charge in [-0.05, 0) is 30.7 Å². The maximum atomic E-state index is 12.4. The Balaban J connectivity index is 1.86. The van der Waals surface area contributed by atoms with Gasteiger partial charge in [-0.1, -0.05) is 11.6 Å². The lowest BCUT2D eigenvalue weighted by atomic mass is 10.3. The number of nitrogens with zero attached hydrogens (tertiary/aromatic N) is 3. The highest BCUT2D eigenvalue weighted by molar-refractivity contribution is 6.30. The molecule has 0 radical (unpaired) electrons. The number of halogens is 1. The molecule has 0 bridgehead atoms. The van der Waals surface area contributed by atoms with E-state index in [1.54, 1.807) is 24.3 Å². The van der Waals surface area contributed by atoms with Gasteiger partial charge in [0.25, 0.3) is 5.56 Å². The van der Waals surface area contributed by atoms with E-state index in [4.69, 9.17) is 21.4 Å². The number of aryl methyl sites for hydroxylation is 1. The SMILES string of the molecule is Cn1c(=O)[nH]c(=O)c2c1nc(NCCCO)n2C[C@H](O)COc1ccc(Cl)cc1. The molecule has 0 spiro atoms. The zero-order valence-electron chi connectivity index (χ0n) is 15.8. The van der Waals surface area contributed by atoms with E-state index >= 15 is 0 Å². The van der Waals surface area contributed by atoms with Gasteiger partial charge < -0.3 is 24.8 Å². The lowest BCUT2D eigenvalue weighted by Crippen LogP contribution is -2.31. The number of aromatic nitrogens is 4. The fourth-order valence-corrected chi connectivity index (χ4v) is 2.94. The first-order chi connectivity index (χ1) is 13.9. The van der Waals surface area contributed by atoms with Gasteiger partial charge in [0.15, 0.2) is 11.2 Å². The van der Waals surface area contributed by atoms with Gasteiger partial charge in [0.05, 0.1) is 6.54 Å². The molecule has 0 saturated carbocycles. The number of H-pyrrole nitrogens is 1. The van der Waals surface area contributed by atoms with Crippen LogP contribution in [0.4, 0.5) is 5.95 Å². The van der Waals surface area contributed by atoms with E-state index in [9.17, 15) is 14.7 Å². The molecule has 156 valence electrons. The van der Waals surface area contributed by atoms with Gasteiger partial charge in [-0.3, -0.25) is 14.3 Å². The first kappa shape index (κ1) is 20.9. The molecule has 11 heteroatoms. The third kappa shape index (κ3) is 4.78. The second-order valence-electron chi connectivity index (χ2n) is 6.46. The molecule has 2 aromatic heterocycles. The van der Waals surface area contributed by atoms with Crippen molar-refractivity contribution in [2.45, 2.75) is 19.1 Å². The van der Waals surface area contributed by atoms with E-state index in [-0.39, 0.29) is 30.9 Å². The summed E-state index contributed by atoms with van der Waals surface area (Å²) in [6.45, 7) is 0.376. The van der Waals surface area contributed by atoms with Crippen LogP contribution in [0.3, 0.4) is 0 Å². The molecule has 1 atom stereocenters. The van der Waals surface area contributed by atoms with E-state index in [2.05, 4.69) is 15.3 Å². The summed E-state index contributed by atoms with van der Waals surface area (Å²) < 4.78 is 8.28. The first-order valence-corrected chi connectivity index (χ1v) is 9.39. The van der Waals surface area contributed by atoms with Crippen molar-refractivity contribution in [1.82, 2.24) is 19.1 Å². The molecular formula is C18H22ClN5O5. The van der Waals surface area contributed by atoms with E-state index < -0.39 is 17.4 Å². The van der Waals surface area contributed by atoms with Crippen molar-refractivity contribution >= 4 is 28.7 Å². The van der Waals surface area contributed by atoms with Gasteiger partial charge in [-0.15, -0.1) is 0 Å². The minimum absolute atomic E-state index is 0.00678. The molecule has 0 unspecified atom stereocenters. The van der Waals surface area contributed by atoms with E-state index in [0.717, 1.165) is 0 Å². The second kappa shape index (κ2) is 9.12. The Hall–Kier alpha value is -2.82. The van der Waals surface area contributed by atoms with Gasteiger partial charge in [-0.25, -0.2) is 4.79 Å². The predicted molar refractivity (Wildman–Crippen MR) is 109 cm³/mol. The molecule has 0 fully saturated rings. The minimum Gasteiger partial charge on any atom is -0.491 e. The summed E-state index contributed by atoms with van der Waals surface area (Å²) in [4.78, 5) is 30.8. The molecule has 1 aromatic carbocycles.